The van der Waals surface area contributed by atoms with Crippen LogP contribution in [-0.2, 0) is 24.5 Å². The summed E-state index contributed by atoms with van der Waals surface area (Å²) in [6.07, 6.45) is 4.26. The van der Waals surface area contributed by atoms with Gasteiger partial charge in [0, 0.05) is 39.9 Å². The number of likely N-dealkylation sites (tertiary alicyclic amines) is 1. The molecular weight excluding hydrogens is 605 g/mol. The Balaban J connectivity index is 1.04. The first-order valence-corrected chi connectivity index (χ1v) is 15.9. The Morgan fingerprint density at radius 3 is 2.72 bits per heavy atom. The van der Waals surface area contributed by atoms with Crippen LogP contribution in [0.4, 0.5) is 4.39 Å². The molecule has 2 aromatic carbocycles. The van der Waals surface area contributed by atoms with E-state index in [0.717, 1.165) is 58.9 Å². The van der Waals surface area contributed by atoms with E-state index in [1.54, 1.807) is 29.5 Å². The maximum atomic E-state index is 14.3. The molecule has 2 aliphatic heterocycles. The van der Waals surface area contributed by atoms with E-state index in [4.69, 9.17) is 20.0 Å². The minimum Gasteiger partial charge on any atom is -0.473 e. The molecule has 1 saturated heterocycles. The number of halogens is 1. The second kappa shape index (κ2) is 12.8. The summed E-state index contributed by atoms with van der Waals surface area (Å²) in [5, 5.41) is 21.4. The number of nitrogens with zero attached hydrogens (tertiary/aromatic N) is 6. The normalized spacial score (nSPS) is 17.2. The van der Waals surface area contributed by atoms with Crippen LogP contribution in [0.15, 0.2) is 72.4 Å². The number of aliphatic hydroxyl groups excluding tert-OH is 1. The number of amides is 1. The van der Waals surface area contributed by atoms with Crippen LogP contribution in [0.2, 0.25) is 0 Å². The lowest BCUT2D eigenvalue weighted by molar-refractivity contribution is -0.116. The van der Waals surface area contributed by atoms with Gasteiger partial charge in [-0.1, -0.05) is 18.2 Å². The molecule has 46 heavy (non-hydrogen) atoms. The molecule has 1 unspecified atom stereocenters. The minimum atomic E-state index is -0.984. The molecule has 1 fully saturated rings. The Kier molecular flexibility index (Phi) is 8.28. The number of pyridine rings is 1. The van der Waals surface area contributed by atoms with Gasteiger partial charge >= 0.3 is 0 Å². The Morgan fingerprint density at radius 2 is 1.98 bits per heavy atom. The van der Waals surface area contributed by atoms with Crippen LogP contribution in [0.1, 0.15) is 51.8 Å². The largest absolute Gasteiger partial charge is 0.473 e. The summed E-state index contributed by atoms with van der Waals surface area (Å²) in [6.45, 7) is 3.06. The van der Waals surface area contributed by atoms with Gasteiger partial charge in [-0.2, -0.15) is 5.26 Å². The maximum absolute atomic E-state index is 14.3. The van der Waals surface area contributed by atoms with E-state index >= 15 is 0 Å². The highest BCUT2D eigenvalue weighted by Gasteiger charge is 2.26. The van der Waals surface area contributed by atoms with Gasteiger partial charge in [0.15, 0.2) is 0 Å². The van der Waals surface area contributed by atoms with Gasteiger partial charge in [0.2, 0.25) is 5.88 Å². The third kappa shape index (κ3) is 6.25. The van der Waals surface area contributed by atoms with Crippen LogP contribution in [0, 0.1) is 17.1 Å². The number of imidazole rings is 1. The van der Waals surface area contributed by atoms with E-state index in [0.29, 0.717) is 30.1 Å². The Morgan fingerprint density at radius 1 is 1.11 bits per heavy atom. The van der Waals surface area contributed by atoms with Gasteiger partial charge in [-0.3, -0.25) is 14.7 Å². The van der Waals surface area contributed by atoms with Crippen molar-refractivity contribution in [2.75, 3.05) is 13.1 Å². The summed E-state index contributed by atoms with van der Waals surface area (Å²) in [6, 6.07) is 17.8. The number of nitrogens with one attached hydrogen (secondary N) is 1. The molecule has 232 valence electrons. The van der Waals surface area contributed by atoms with E-state index < -0.39 is 12.0 Å². The number of piperidine rings is 1. The molecule has 0 aliphatic carbocycles. The molecular formula is C34H30FN7O3S. The van der Waals surface area contributed by atoms with Gasteiger partial charge in [0.1, 0.15) is 24.5 Å². The number of benzene rings is 2. The summed E-state index contributed by atoms with van der Waals surface area (Å²) >= 11 is 1.59. The van der Waals surface area contributed by atoms with Gasteiger partial charge in [-0.25, -0.2) is 14.4 Å². The summed E-state index contributed by atoms with van der Waals surface area (Å²) in [4.78, 5) is 29.9. The molecule has 1 amide bonds. The lowest BCUT2D eigenvalue weighted by Gasteiger charge is -2.31. The Bertz CT molecular complexity index is 1980. The number of carbonyl (C=O) groups is 1. The van der Waals surface area contributed by atoms with Crippen molar-refractivity contribution in [1.29, 1.82) is 5.26 Å². The second-order valence-electron chi connectivity index (χ2n) is 11.4. The Hall–Kier alpha value is -4.96. The van der Waals surface area contributed by atoms with Crippen molar-refractivity contribution in [3.05, 3.63) is 111 Å². The lowest BCUT2D eigenvalue weighted by atomic mass is 9.93. The van der Waals surface area contributed by atoms with E-state index in [1.807, 2.05) is 48.1 Å². The van der Waals surface area contributed by atoms with Crippen molar-refractivity contribution in [3.63, 3.8) is 0 Å². The number of thiazole rings is 1. The molecule has 0 bridgehead atoms. The number of hydrogen-bond acceptors (Lipinski definition) is 9. The van der Waals surface area contributed by atoms with Crippen LogP contribution < -0.4 is 10.1 Å². The van der Waals surface area contributed by atoms with Gasteiger partial charge in [-0.05, 0) is 67.9 Å². The van der Waals surface area contributed by atoms with Gasteiger partial charge in [0.05, 0.1) is 41.3 Å². The lowest BCUT2D eigenvalue weighted by Crippen LogP contribution is -2.33. The van der Waals surface area contributed by atoms with E-state index in [2.05, 4.69) is 19.8 Å². The smallest absolute Gasteiger partial charge is 0.253 e. The van der Waals surface area contributed by atoms with Gasteiger partial charge < -0.3 is 19.7 Å². The molecule has 5 aromatic rings. The first-order valence-electron chi connectivity index (χ1n) is 15.0. The number of ether oxygens (including phenoxy) is 1. The highest BCUT2D eigenvalue weighted by Crippen LogP contribution is 2.31. The summed E-state index contributed by atoms with van der Waals surface area (Å²) in [7, 11) is 0. The molecule has 1 atom stereocenters. The van der Waals surface area contributed by atoms with Crippen LogP contribution >= 0.6 is 11.3 Å². The first-order chi connectivity index (χ1) is 22.4. The van der Waals surface area contributed by atoms with Crippen molar-refractivity contribution in [2.45, 2.75) is 44.7 Å². The molecule has 0 saturated carbocycles. The molecule has 2 N–H and O–H groups in total. The molecule has 10 nitrogen and oxygen atoms in total. The number of aromatic nitrogens is 4. The number of nitriles is 1. The standard InChI is InChI=1S/C34H30FN7O3S/c35-27-12-21(15-36)4-5-24(27)19-45-33-3-1-2-28(39-33)22-8-10-41(11-9-22)18-31-38-29-7-6-23(26-14-32(43)40-34(26)44)13-30(29)42(31)17-25-16-37-20-46-25/h1-7,12-14,16,20,22,32,43H,8-11,17-19H2,(H,40,44). The molecule has 12 heteroatoms. The number of rotatable bonds is 9. The monoisotopic (exact) mass is 635 g/mol. The van der Waals surface area contributed by atoms with E-state index in [-0.39, 0.29) is 24.0 Å². The van der Waals surface area contributed by atoms with Gasteiger partial charge in [0.25, 0.3) is 5.91 Å². The average Bonchev–Trinajstić information content (AvgIpc) is 3.80. The molecule has 0 radical (unpaired) electrons. The van der Waals surface area contributed by atoms with Crippen LogP contribution in [0.25, 0.3) is 16.6 Å². The maximum Gasteiger partial charge on any atom is 0.253 e. The third-order valence-corrected chi connectivity index (χ3v) is 9.22. The molecule has 0 spiro atoms. The SMILES string of the molecule is N#Cc1ccc(COc2cccc(C3CCN(Cc4nc5ccc(C6=CC(O)NC6=O)cc5n4Cc4cncs4)CC3)n2)c(F)c1. The van der Waals surface area contributed by atoms with E-state index in [9.17, 15) is 14.3 Å². The highest BCUT2D eigenvalue weighted by atomic mass is 32.1. The predicted octanol–water partition coefficient (Wildman–Crippen LogP) is 4.74. The fourth-order valence-electron chi connectivity index (χ4n) is 6.04. The highest BCUT2D eigenvalue weighted by molar-refractivity contribution is 7.09. The Labute approximate surface area is 268 Å². The minimum absolute atomic E-state index is 0.0310. The fraction of sp³-hybridized carbons (Fsp3) is 0.265. The van der Waals surface area contributed by atoms with Crippen LogP contribution in [0.3, 0.4) is 0 Å². The number of fused-ring (bicyclic) bond motifs is 1. The quantitative estimate of drug-likeness (QED) is 0.238. The number of aliphatic hydroxyl groups is 1. The predicted molar refractivity (Wildman–Crippen MR) is 170 cm³/mol. The van der Waals surface area contributed by atoms with Crippen LogP contribution in [-0.4, -0.2) is 54.8 Å². The molecule has 5 heterocycles. The van der Waals surface area contributed by atoms with Gasteiger partial charge in [-0.15, -0.1) is 11.3 Å². The molecule has 7 rings (SSSR count). The molecule has 2 aliphatic rings. The zero-order valence-electron chi connectivity index (χ0n) is 24.8. The zero-order valence-corrected chi connectivity index (χ0v) is 25.6. The second-order valence-corrected chi connectivity index (χ2v) is 12.4. The summed E-state index contributed by atoms with van der Waals surface area (Å²) in [5.41, 5.74) is 6.38. The first kappa shape index (κ1) is 29.7. The average molecular weight is 636 g/mol. The fourth-order valence-corrected chi connectivity index (χ4v) is 6.62. The van der Waals surface area contributed by atoms with Crippen molar-refractivity contribution >= 4 is 33.9 Å². The molecule has 3 aromatic heterocycles. The number of carbonyl (C=O) groups excluding carboxylic acids is 1. The van der Waals surface area contributed by atoms with Crippen molar-refractivity contribution < 1.29 is 19.0 Å². The van der Waals surface area contributed by atoms with Crippen molar-refractivity contribution in [1.82, 2.24) is 29.7 Å². The van der Waals surface area contributed by atoms with Crippen molar-refractivity contribution in [3.8, 4) is 11.9 Å². The summed E-state index contributed by atoms with van der Waals surface area (Å²) < 4.78 is 22.3. The summed E-state index contributed by atoms with van der Waals surface area (Å²) in [5.74, 6) is 0.885. The van der Waals surface area contributed by atoms with E-state index in [1.165, 1.54) is 12.1 Å². The zero-order chi connectivity index (χ0) is 31.6. The third-order valence-electron chi connectivity index (χ3n) is 8.46. The number of hydrogen-bond donors (Lipinski definition) is 2. The van der Waals surface area contributed by atoms with Crippen molar-refractivity contribution in [2.24, 2.45) is 0 Å². The topological polar surface area (TPSA) is 129 Å². The van der Waals surface area contributed by atoms with Crippen LogP contribution in [0.5, 0.6) is 5.88 Å².